The molecule has 0 amide bonds. The summed E-state index contributed by atoms with van der Waals surface area (Å²) in [5, 5.41) is 9.05. The Morgan fingerprint density at radius 3 is 2.65 bits per heavy atom. The van der Waals surface area contributed by atoms with Crippen molar-refractivity contribution in [2.75, 3.05) is 0 Å². The summed E-state index contributed by atoms with van der Waals surface area (Å²) < 4.78 is 3.89. The van der Waals surface area contributed by atoms with Crippen LogP contribution in [0, 0.1) is 13.8 Å². The number of aromatic nitrogens is 3. The topological polar surface area (TPSA) is 60.0 Å². The van der Waals surface area contributed by atoms with E-state index in [2.05, 4.69) is 4.98 Å². The molecule has 2 aromatic rings. The average molecular weight is 233 g/mol. The maximum Gasteiger partial charge on any atom is 0.337 e. The van der Waals surface area contributed by atoms with E-state index in [4.69, 9.17) is 5.11 Å². The lowest BCUT2D eigenvalue weighted by atomic mass is 10.2. The molecule has 2 aromatic heterocycles. The lowest BCUT2D eigenvalue weighted by Gasteiger charge is -2.09. The van der Waals surface area contributed by atoms with Crippen molar-refractivity contribution in [1.82, 2.24) is 14.1 Å². The van der Waals surface area contributed by atoms with Crippen LogP contribution in [-0.4, -0.2) is 25.2 Å². The van der Waals surface area contributed by atoms with Crippen molar-refractivity contribution < 1.29 is 9.90 Å². The van der Waals surface area contributed by atoms with Crippen LogP contribution in [0.25, 0.3) is 0 Å². The Morgan fingerprint density at radius 2 is 2.18 bits per heavy atom. The molecule has 5 heteroatoms. The summed E-state index contributed by atoms with van der Waals surface area (Å²) in [6.07, 6.45) is 3.61. The number of carbonyl (C=O) groups is 1. The molecule has 90 valence electrons. The number of rotatable bonds is 3. The molecule has 0 aliphatic carbocycles. The molecule has 0 aliphatic rings. The molecule has 17 heavy (non-hydrogen) atoms. The highest BCUT2D eigenvalue weighted by molar-refractivity contribution is 5.89. The smallest absolute Gasteiger partial charge is 0.337 e. The molecule has 0 saturated heterocycles. The van der Waals surface area contributed by atoms with Gasteiger partial charge in [-0.05, 0) is 19.9 Å². The van der Waals surface area contributed by atoms with E-state index < -0.39 is 5.97 Å². The van der Waals surface area contributed by atoms with Crippen LogP contribution in [0.3, 0.4) is 0 Å². The highest BCUT2D eigenvalue weighted by atomic mass is 16.4. The van der Waals surface area contributed by atoms with Crippen molar-refractivity contribution >= 4 is 5.97 Å². The minimum atomic E-state index is -0.885. The quantitative estimate of drug-likeness (QED) is 0.875. The molecule has 5 nitrogen and oxygen atoms in total. The number of hydrogen-bond donors (Lipinski definition) is 1. The first-order valence-electron chi connectivity index (χ1n) is 5.37. The van der Waals surface area contributed by atoms with Crippen LogP contribution in [0.15, 0.2) is 18.5 Å². The first-order chi connectivity index (χ1) is 8.00. The van der Waals surface area contributed by atoms with Crippen molar-refractivity contribution in [2.45, 2.75) is 20.4 Å². The Bertz CT molecular complexity index is 566. The molecule has 0 saturated carbocycles. The molecule has 0 spiro atoms. The molecule has 2 heterocycles. The minimum absolute atomic E-state index is 0.358. The number of aryl methyl sites for hydroxylation is 2. The van der Waals surface area contributed by atoms with Gasteiger partial charge in [-0.3, -0.25) is 0 Å². The molecule has 1 N–H and O–H groups in total. The van der Waals surface area contributed by atoms with Crippen LogP contribution in [-0.2, 0) is 13.6 Å². The number of hydrogen-bond acceptors (Lipinski definition) is 2. The second-order valence-corrected chi connectivity index (χ2v) is 4.13. The van der Waals surface area contributed by atoms with Gasteiger partial charge in [0, 0.05) is 30.8 Å². The SMILES string of the molecule is Cc1cc(C(=O)O)c(C)n1Cc1nccn1C. The highest BCUT2D eigenvalue weighted by Crippen LogP contribution is 2.16. The second kappa shape index (κ2) is 4.08. The number of imidazole rings is 1. The molecular weight excluding hydrogens is 218 g/mol. The van der Waals surface area contributed by atoms with Crippen molar-refractivity contribution in [2.24, 2.45) is 7.05 Å². The molecule has 0 unspecified atom stereocenters. The minimum Gasteiger partial charge on any atom is -0.478 e. The zero-order valence-electron chi connectivity index (χ0n) is 10.1. The largest absolute Gasteiger partial charge is 0.478 e. The van der Waals surface area contributed by atoms with Crippen LogP contribution in [0.2, 0.25) is 0 Å². The van der Waals surface area contributed by atoms with E-state index in [9.17, 15) is 4.79 Å². The first-order valence-corrected chi connectivity index (χ1v) is 5.37. The van der Waals surface area contributed by atoms with Gasteiger partial charge in [-0.2, -0.15) is 0 Å². The van der Waals surface area contributed by atoms with Crippen molar-refractivity contribution in [1.29, 1.82) is 0 Å². The standard InChI is InChI=1S/C12H15N3O2/c1-8-6-10(12(16)17)9(2)15(8)7-11-13-4-5-14(11)3/h4-6H,7H2,1-3H3,(H,16,17). The van der Waals surface area contributed by atoms with Crippen molar-refractivity contribution in [3.05, 3.63) is 41.2 Å². The predicted octanol–water partition coefficient (Wildman–Crippen LogP) is 1.58. The van der Waals surface area contributed by atoms with Gasteiger partial charge in [0.25, 0.3) is 0 Å². The van der Waals surface area contributed by atoms with Crippen LogP contribution in [0.1, 0.15) is 27.6 Å². The van der Waals surface area contributed by atoms with Crippen LogP contribution < -0.4 is 0 Å². The van der Waals surface area contributed by atoms with Crippen molar-refractivity contribution in [3.63, 3.8) is 0 Å². The summed E-state index contributed by atoms with van der Waals surface area (Å²) in [4.78, 5) is 15.3. The normalized spacial score (nSPS) is 10.8. The second-order valence-electron chi connectivity index (χ2n) is 4.13. The average Bonchev–Trinajstić information content (AvgIpc) is 2.77. The van der Waals surface area contributed by atoms with Crippen molar-refractivity contribution in [3.8, 4) is 0 Å². The zero-order chi connectivity index (χ0) is 12.6. The molecule has 0 radical (unpaired) electrons. The monoisotopic (exact) mass is 233 g/mol. The number of aromatic carboxylic acids is 1. The third-order valence-electron chi connectivity index (χ3n) is 3.02. The van der Waals surface area contributed by atoms with Gasteiger partial charge in [0.15, 0.2) is 0 Å². The van der Waals surface area contributed by atoms with E-state index in [0.29, 0.717) is 12.1 Å². The Labute approximate surface area is 99.3 Å². The fraction of sp³-hybridized carbons (Fsp3) is 0.333. The summed E-state index contributed by atoms with van der Waals surface area (Å²) in [5.41, 5.74) is 2.05. The van der Waals surface area contributed by atoms with Crippen LogP contribution >= 0.6 is 0 Å². The van der Waals surface area contributed by atoms with E-state index in [1.807, 2.05) is 36.2 Å². The van der Waals surface area contributed by atoms with Gasteiger partial charge in [0.05, 0.1) is 12.1 Å². The van der Waals surface area contributed by atoms with Gasteiger partial charge in [0.2, 0.25) is 0 Å². The fourth-order valence-electron chi connectivity index (χ4n) is 1.95. The summed E-state index contributed by atoms with van der Waals surface area (Å²) >= 11 is 0. The lowest BCUT2D eigenvalue weighted by Crippen LogP contribution is -2.09. The Morgan fingerprint density at radius 1 is 1.47 bits per heavy atom. The molecule has 0 atom stereocenters. The molecular formula is C12H15N3O2. The third-order valence-corrected chi connectivity index (χ3v) is 3.02. The molecule has 0 bridgehead atoms. The molecule has 0 fully saturated rings. The molecule has 2 rings (SSSR count). The van der Waals surface area contributed by atoms with Gasteiger partial charge in [-0.1, -0.05) is 0 Å². The number of carboxylic acid groups (broad SMARTS) is 1. The summed E-state index contributed by atoms with van der Waals surface area (Å²) in [7, 11) is 1.93. The maximum absolute atomic E-state index is 11.0. The summed E-state index contributed by atoms with van der Waals surface area (Å²) in [5.74, 6) is 0.0212. The third kappa shape index (κ3) is 1.95. The molecule has 0 aliphatic heterocycles. The van der Waals surface area contributed by atoms with Crippen LogP contribution in [0.5, 0.6) is 0 Å². The van der Waals surface area contributed by atoms with Gasteiger partial charge in [-0.25, -0.2) is 9.78 Å². The van der Waals surface area contributed by atoms with E-state index in [0.717, 1.165) is 17.2 Å². The van der Waals surface area contributed by atoms with Gasteiger partial charge in [0.1, 0.15) is 5.82 Å². The maximum atomic E-state index is 11.0. The summed E-state index contributed by atoms with van der Waals surface area (Å²) in [6.45, 7) is 4.32. The fourth-order valence-corrected chi connectivity index (χ4v) is 1.95. The summed E-state index contributed by atoms with van der Waals surface area (Å²) in [6, 6.07) is 1.70. The van der Waals surface area contributed by atoms with Gasteiger partial charge >= 0.3 is 5.97 Å². The van der Waals surface area contributed by atoms with E-state index in [-0.39, 0.29) is 0 Å². The predicted molar refractivity (Wildman–Crippen MR) is 63.2 cm³/mol. The molecule has 0 aromatic carbocycles. The zero-order valence-corrected chi connectivity index (χ0v) is 10.1. The Kier molecular flexibility index (Phi) is 2.75. The van der Waals surface area contributed by atoms with E-state index in [1.54, 1.807) is 12.3 Å². The van der Waals surface area contributed by atoms with E-state index in [1.165, 1.54) is 0 Å². The highest BCUT2D eigenvalue weighted by Gasteiger charge is 2.15. The number of carboxylic acids is 1. The number of nitrogens with zero attached hydrogens (tertiary/aromatic N) is 3. The Hall–Kier alpha value is -2.04. The van der Waals surface area contributed by atoms with E-state index >= 15 is 0 Å². The van der Waals surface area contributed by atoms with Crippen LogP contribution in [0.4, 0.5) is 0 Å². The first kappa shape index (κ1) is 11.4. The Balaban J connectivity index is 2.40. The lowest BCUT2D eigenvalue weighted by molar-refractivity contribution is 0.0696. The van der Waals surface area contributed by atoms with Gasteiger partial charge in [-0.15, -0.1) is 0 Å². The van der Waals surface area contributed by atoms with Gasteiger partial charge < -0.3 is 14.2 Å².